The van der Waals surface area contributed by atoms with E-state index in [1.54, 1.807) is 12.1 Å². The number of nitrogens with zero attached hydrogens (tertiary/aromatic N) is 2. The van der Waals surface area contributed by atoms with Crippen molar-refractivity contribution >= 4 is 5.69 Å². The predicted octanol–water partition coefficient (Wildman–Crippen LogP) is 2.77. The van der Waals surface area contributed by atoms with Crippen LogP contribution in [0, 0.1) is 17.0 Å². The summed E-state index contributed by atoms with van der Waals surface area (Å²) in [5.41, 5.74) is 0.928. The van der Waals surface area contributed by atoms with Crippen LogP contribution in [0.4, 0.5) is 5.69 Å². The third-order valence-corrected chi connectivity index (χ3v) is 3.39. The van der Waals surface area contributed by atoms with E-state index in [0.29, 0.717) is 12.4 Å². The van der Waals surface area contributed by atoms with Gasteiger partial charge >= 0.3 is 5.69 Å². The molecule has 0 atom stereocenters. The third-order valence-electron chi connectivity index (χ3n) is 3.39. The molecule has 0 unspecified atom stereocenters. The van der Waals surface area contributed by atoms with E-state index >= 15 is 0 Å². The van der Waals surface area contributed by atoms with E-state index in [1.807, 2.05) is 13.0 Å². The average Bonchev–Trinajstić information content (AvgIpc) is 2.89. The fourth-order valence-electron chi connectivity index (χ4n) is 2.37. The molecule has 1 aromatic carbocycles. The lowest BCUT2D eigenvalue weighted by atomic mass is 10.2. The molecule has 1 saturated heterocycles. The monoisotopic (exact) mass is 264 g/mol. The van der Waals surface area contributed by atoms with Crippen LogP contribution in [0.3, 0.4) is 0 Å². The molecule has 5 heteroatoms. The maximum Gasteiger partial charge on any atom is 0.311 e. The largest absolute Gasteiger partial charge is 0.487 e. The predicted molar refractivity (Wildman–Crippen MR) is 73.6 cm³/mol. The summed E-state index contributed by atoms with van der Waals surface area (Å²) in [6, 6.07) is 5.07. The van der Waals surface area contributed by atoms with Gasteiger partial charge in [0.05, 0.1) is 11.5 Å². The number of hydrogen-bond acceptors (Lipinski definition) is 4. The average molecular weight is 264 g/mol. The number of nitro groups is 1. The van der Waals surface area contributed by atoms with E-state index in [4.69, 9.17) is 4.74 Å². The fourth-order valence-corrected chi connectivity index (χ4v) is 2.37. The number of hydrogen-bond donors (Lipinski definition) is 0. The van der Waals surface area contributed by atoms with Crippen LogP contribution in [0.15, 0.2) is 18.2 Å². The number of ether oxygens (including phenoxy) is 1. The van der Waals surface area contributed by atoms with Gasteiger partial charge in [0.1, 0.15) is 0 Å². The summed E-state index contributed by atoms with van der Waals surface area (Å²) < 4.78 is 5.54. The number of rotatable bonds is 6. The number of benzene rings is 1. The van der Waals surface area contributed by atoms with Crippen molar-refractivity contribution in [2.45, 2.75) is 26.2 Å². The van der Waals surface area contributed by atoms with Gasteiger partial charge in [0.2, 0.25) is 0 Å². The Labute approximate surface area is 113 Å². The topological polar surface area (TPSA) is 55.6 Å². The summed E-state index contributed by atoms with van der Waals surface area (Å²) in [7, 11) is 0. The first-order valence-corrected chi connectivity index (χ1v) is 6.77. The molecule has 0 radical (unpaired) electrons. The van der Waals surface area contributed by atoms with Crippen LogP contribution >= 0.6 is 0 Å². The second kappa shape index (κ2) is 6.52. The van der Waals surface area contributed by atoms with Crippen molar-refractivity contribution in [1.29, 1.82) is 0 Å². The molecule has 0 bridgehead atoms. The second-order valence-electron chi connectivity index (χ2n) is 4.98. The van der Waals surface area contributed by atoms with Gasteiger partial charge in [-0.3, -0.25) is 10.1 Å². The highest BCUT2D eigenvalue weighted by molar-refractivity contribution is 5.48. The molecule has 1 heterocycles. The molecule has 1 fully saturated rings. The van der Waals surface area contributed by atoms with Gasteiger partial charge in [-0.1, -0.05) is 6.07 Å². The van der Waals surface area contributed by atoms with Crippen LogP contribution in [0.1, 0.15) is 24.8 Å². The van der Waals surface area contributed by atoms with Gasteiger partial charge in [0.15, 0.2) is 5.75 Å². The van der Waals surface area contributed by atoms with Crippen LogP contribution in [-0.2, 0) is 0 Å². The summed E-state index contributed by atoms with van der Waals surface area (Å²) in [4.78, 5) is 13.0. The number of aryl methyl sites for hydroxylation is 1. The first-order valence-electron chi connectivity index (χ1n) is 6.77. The molecular weight excluding hydrogens is 244 g/mol. The van der Waals surface area contributed by atoms with Gasteiger partial charge in [0, 0.05) is 12.6 Å². The fraction of sp³-hybridized carbons (Fsp3) is 0.571. The summed E-state index contributed by atoms with van der Waals surface area (Å²) in [5.74, 6) is 0.372. The summed E-state index contributed by atoms with van der Waals surface area (Å²) in [5, 5.41) is 10.9. The van der Waals surface area contributed by atoms with E-state index in [-0.39, 0.29) is 10.6 Å². The zero-order valence-electron chi connectivity index (χ0n) is 11.3. The molecule has 2 rings (SSSR count). The summed E-state index contributed by atoms with van der Waals surface area (Å²) >= 11 is 0. The van der Waals surface area contributed by atoms with E-state index in [0.717, 1.165) is 18.5 Å². The quantitative estimate of drug-likeness (QED) is 0.450. The minimum absolute atomic E-state index is 0.0566. The van der Waals surface area contributed by atoms with Gasteiger partial charge in [0.25, 0.3) is 0 Å². The Morgan fingerprint density at radius 2 is 2.11 bits per heavy atom. The molecule has 0 N–H and O–H groups in total. The van der Waals surface area contributed by atoms with Crippen LogP contribution in [0.2, 0.25) is 0 Å². The smallest absolute Gasteiger partial charge is 0.311 e. The molecule has 1 aromatic rings. The number of nitro benzene ring substituents is 1. The number of likely N-dealkylation sites (tertiary alicyclic amines) is 1. The highest BCUT2D eigenvalue weighted by atomic mass is 16.6. The van der Waals surface area contributed by atoms with Crippen molar-refractivity contribution < 1.29 is 9.66 Å². The van der Waals surface area contributed by atoms with Crippen molar-refractivity contribution in [3.05, 3.63) is 33.9 Å². The molecule has 5 nitrogen and oxygen atoms in total. The highest BCUT2D eigenvalue weighted by Gasteiger charge is 2.15. The molecule has 0 aliphatic carbocycles. The van der Waals surface area contributed by atoms with Gasteiger partial charge in [-0.25, -0.2) is 0 Å². The Morgan fingerprint density at radius 1 is 1.37 bits per heavy atom. The second-order valence-corrected chi connectivity index (χ2v) is 4.98. The molecule has 104 valence electrons. The van der Waals surface area contributed by atoms with Gasteiger partial charge in [-0.2, -0.15) is 0 Å². The zero-order chi connectivity index (χ0) is 13.7. The van der Waals surface area contributed by atoms with Crippen molar-refractivity contribution in [3.63, 3.8) is 0 Å². The van der Waals surface area contributed by atoms with Crippen molar-refractivity contribution in [3.8, 4) is 5.75 Å². The van der Waals surface area contributed by atoms with Crippen molar-refractivity contribution in [2.75, 3.05) is 26.2 Å². The molecule has 1 aliphatic rings. The van der Waals surface area contributed by atoms with Crippen LogP contribution in [0.25, 0.3) is 0 Å². The normalized spacial score (nSPS) is 15.6. The lowest BCUT2D eigenvalue weighted by molar-refractivity contribution is -0.385. The van der Waals surface area contributed by atoms with Crippen LogP contribution in [0.5, 0.6) is 5.75 Å². The minimum atomic E-state index is -0.386. The Kier molecular flexibility index (Phi) is 4.74. The van der Waals surface area contributed by atoms with Gasteiger partial charge in [-0.05, 0) is 50.9 Å². The molecule has 0 aromatic heterocycles. The maximum absolute atomic E-state index is 10.9. The van der Waals surface area contributed by atoms with Gasteiger partial charge < -0.3 is 9.64 Å². The molecular formula is C14H20N2O3. The minimum Gasteiger partial charge on any atom is -0.487 e. The Hall–Kier alpha value is -1.62. The van der Waals surface area contributed by atoms with Crippen molar-refractivity contribution in [2.24, 2.45) is 0 Å². The highest BCUT2D eigenvalue weighted by Crippen LogP contribution is 2.27. The molecule has 0 amide bonds. The van der Waals surface area contributed by atoms with Crippen molar-refractivity contribution in [1.82, 2.24) is 4.90 Å². The lowest BCUT2D eigenvalue weighted by Gasteiger charge is -2.14. The Balaban J connectivity index is 1.83. The molecule has 1 aliphatic heterocycles. The van der Waals surface area contributed by atoms with Gasteiger partial charge in [-0.15, -0.1) is 0 Å². The van der Waals surface area contributed by atoms with Crippen LogP contribution < -0.4 is 4.74 Å². The summed E-state index contributed by atoms with van der Waals surface area (Å²) in [6.07, 6.45) is 3.47. The lowest BCUT2D eigenvalue weighted by Crippen LogP contribution is -2.21. The van der Waals surface area contributed by atoms with E-state index in [2.05, 4.69) is 4.90 Å². The van der Waals surface area contributed by atoms with E-state index in [1.165, 1.54) is 25.9 Å². The Bertz CT molecular complexity index is 442. The molecule has 19 heavy (non-hydrogen) atoms. The third kappa shape index (κ3) is 3.92. The SMILES string of the molecule is Cc1ccc(OCCCN2CCCC2)c([N+](=O)[O-])c1. The standard InChI is InChI=1S/C14H20N2O3/c1-12-5-6-14(13(11-12)16(17)18)19-10-4-9-15-7-2-3-8-15/h5-6,11H,2-4,7-10H2,1H3. The first-order chi connectivity index (χ1) is 9.16. The Morgan fingerprint density at radius 3 is 2.79 bits per heavy atom. The zero-order valence-corrected chi connectivity index (χ0v) is 11.3. The molecule has 0 saturated carbocycles. The summed E-state index contributed by atoms with van der Waals surface area (Å²) in [6.45, 7) is 5.72. The van der Waals surface area contributed by atoms with E-state index < -0.39 is 0 Å². The molecule has 0 spiro atoms. The maximum atomic E-state index is 10.9. The van der Waals surface area contributed by atoms with Crippen LogP contribution in [-0.4, -0.2) is 36.1 Å². The van der Waals surface area contributed by atoms with E-state index in [9.17, 15) is 10.1 Å². The first kappa shape index (κ1) is 13.8.